The highest BCUT2D eigenvalue weighted by Crippen LogP contribution is 2.41. The molecule has 2 aliphatic rings. The van der Waals surface area contributed by atoms with Gasteiger partial charge < -0.3 is 20.3 Å². The van der Waals surface area contributed by atoms with Gasteiger partial charge in [0.25, 0.3) is 0 Å². The number of aliphatic hydroxyl groups is 1. The van der Waals surface area contributed by atoms with Crippen LogP contribution >= 0.6 is 12.4 Å². The molecule has 0 amide bonds. The van der Waals surface area contributed by atoms with Crippen molar-refractivity contribution in [2.24, 2.45) is 11.7 Å². The zero-order valence-electron chi connectivity index (χ0n) is 10.7. The first-order valence-corrected chi connectivity index (χ1v) is 6.59. The molecule has 1 fully saturated rings. The van der Waals surface area contributed by atoms with Crippen molar-refractivity contribution >= 4 is 12.4 Å². The van der Waals surface area contributed by atoms with Gasteiger partial charge in [-0.1, -0.05) is 25.0 Å². The molecule has 1 aromatic carbocycles. The van der Waals surface area contributed by atoms with Crippen molar-refractivity contribution in [1.29, 1.82) is 0 Å². The van der Waals surface area contributed by atoms with Crippen LogP contribution in [-0.4, -0.2) is 18.0 Å². The van der Waals surface area contributed by atoms with Gasteiger partial charge >= 0.3 is 0 Å². The van der Waals surface area contributed by atoms with Gasteiger partial charge in [-0.3, -0.25) is 0 Å². The number of ether oxygens (including phenoxy) is 2. The lowest BCUT2D eigenvalue weighted by Crippen LogP contribution is -2.32. The molecule has 2 atom stereocenters. The fourth-order valence-electron chi connectivity index (χ4n) is 2.99. The third kappa shape index (κ3) is 2.66. The lowest BCUT2D eigenvalue weighted by molar-refractivity contribution is 0.0831. The standard InChI is InChI=1S/C14H19NO3.ClH/c15-12(13(16)9-4-1-2-5-9)10-6-3-7-11-14(10)18-8-17-11;/h3,6-7,9,12-13,16H,1-2,4-5,8,15H2;1H/t12-,13+;/m0./s1. The summed E-state index contributed by atoms with van der Waals surface area (Å²) in [5.74, 6) is 1.74. The lowest BCUT2D eigenvalue weighted by Gasteiger charge is -2.25. The largest absolute Gasteiger partial charge is 0.454 e. The number of hydrogen-bond acceptors (Lipinski definition) is 4. The fourth-order valence-corrected chi connectivity index (χ4v) is 2.99. The Morgan fingerprint density at radius 3 is 2.68 bits per heavy atom. The number of nitrogens with two attached hydrogens (primary N) is 1. The van der Waals surface area contributed by atoms with E-state index in [4.69, 9.17) is 15.2 Å². The molecule has 3 rings (SSSR count). The van der Waals surface area contributed by atoms with Crippen LogP contribution in [0.4, 0.5) is 0 Å². The van der Waals surface area contributed by atoms with Crippen LogP contribution in [0.1, 0.15) is 37.3 Å². The second kappa shape index (κ2) is 5.99. The molecule has 0 radical (unpaired) electrons. The topological polar surface area (TPSA) is 64.7 Å². The zero-order valence-corrected chi connectivity index (χ0v) is 11.6. The maximum atomic E-state index is 10.4. The summed E-state index contributed by atoms with van der Waals surface area (Å²) in [5.41, 5.74) is 7.06. The molecule has 0 spiro atoms. The number of fused-ring (bicyclic) bond motifs is 1. The Morgan fingerprint density at radius 1 is 1.21 bits per heavy atom. The van der Waals surface area contributed by atoms with Crippen LogP contribution in [0.15, 0.2) is 18.2 Å². The highest BCUT2D eigenvalue weighted by molar-refractivity contribution is 5.85. The van der Waals surface area contributed by atoms with Crippen LogP contribution in [0.3, 0.4) is 0 Å². The fraction of sp³-hybridized carbons (Fsp3) is 0.571. The summed E-state index contributed by atoms with van der Waals surface area (Å²) in [6.45, 7) is 0.235. The molecule has 0 unspecified atom stereocenters. The van der Waals surface area contributed by atoms with Crippen molar-refractivity contribution in [3.63, 3.8) is 0 Å². The zero-order chi connectivity index (χ0) is 12.5. The van der Waals surface area contributed by atoms with E-state index in [9.17, 15) is 5.11 Å². The van der Waals surface area contributed by atoms with E-state index in [1.807, 2.05) is 18.2 Å². The van der Waals surface area contributed by atoms with Gasteiger partial charge in [0.1, 0.15) is 0 Å². The van der Waals surface area contributed by atoms with Crippen LogP contribution in [0, 0.1) is 5.92 Å². The normalized spacial score (nSPS) is 20.9. The molecule has 1 aliphatic heterocycles. The van der Waals surface area contributed by atoms with E-state index in [2.05, 4.69) is 0 Å². The molecule has 0 aromatic heterocycles. The molecule has 1 heterocycles. The second-order valence-electron chi connectivity index (χ2n) is 5.14. The summed E-state index contributed by atoms with van der Waals surface area (Å²) < 4.78 is 10.8. The molecule has 19 heavy (non-hydrogen) atoms. The van der Waals surface area contributed by atoms with Gasteiger partial charge in [0.2, 0.25) is 6.79 Å². The maximum Gasteiger partial charge on any atom is 0.231 e. The average Bonchev–Trinajstić information content (AvgIpc) is 3.06. The van der Waals surface area contributed by atoms with E-state index in [0.717, 1.165) is 24.2 Å². The van der Waals surface area contributed by atoms with E-state index < -0.39 is 12.1 Å². The summed E-state index contributed by atoms with van der Waals surface area (Å²) in [5, 5.41) is 10.4. The van der Waals surface area contributed by atoms with Crippen LogP contribution in [0.2, 0.25) is 0 Å². The van der Waals surface area contributed by atoms with Crippen molar-refractivity contribution in [1.82, 2.24) is 0 Å². The Kier molecular flexibility index (Phi) is 4.55. The van der Waals surface area contributed by atoms with Crippen molar-refractivity contribution in [2.75, 3.05) is 6.79 Å². The van der Waals surface area contributed by atoms with Gasteiger partial charge in [0.15, 0.2) is 11.5 Å². The van der Waals surface area contributed by atoms with Crippen LogP contribution in [0.5, 0.6) is 11.5 Å². The van der Waals surface area contributed by atoms with Gasteiger partial charge in [-0.15, -0.1) is 12.4 Å². The number of halogens is 1. The van der Waals surface area contributed by atoms with Crippen LogP contribution in [-0.2, 0) is 0 Å². The predicted octanol–water partition coefficient (Wildman–Crippen LogP) is 2.39. The molecule has 106 valence electrons. The molecule has 1 saturated carbocycles. The molecule has 0 saturated heterocycles. The van der Waals surface area contributed by atoms with Crippen LogP contribution < -0.4 is 15.2 Å². The van der Waals surface area contributed by atoms with Gasteiger partial charge in [0.05, 0.1) is 12.1 Å². The molecule has 1 aromatic rings. The van der Waals surface area contributed by atoms with E-state index in [1.54, 1.807) is 0 Å². The lowest BCUT2D eigenvalue weighted by atomic mass is 9.90. The quantitative estimate of drug-likeness (QED) is 0.895. The van der Waals surface area contributed by atoms with E-state index >= 15 is 0 Å². The smallest absolute Gasteiger partial charge is 0.231 e. The number of aliphatic hydroxyl groups excluding tert-OH is 1. The summed E-state index contributed by atoms with van der Waals surface area (Å²) in [7, 11) is 0. The molecule has 0 bridgehead atoms. The molecular weight excluding hydrogens is 266 g/mol. The van der Waals surface area contributed by atoms with Gasteiger partial charge in [-0.2, -0.15) is 0 Å². The second-order valence-corrected chi connectivity index (χ2v) is 5.14. The molecular formula is C14H20ClNO3. The highest BCUT2D eigenvalue weighted by atomic mass is 35.5. The predicted molar refractivity (Wildman–Crippen MR) is 74.7 cm³/mol. The first-order chi connectivity index (χ1) is 8.77. The van der Waals surface area contributed by atoms with E-state index in [-0.39, 0.29) is 19.2 Å². The van der Waals surface area contributed by atoms with E-state index in [1.165, 1.54) is 12.8 Å². The minimum absolute atomic E-state index is 0. The van der Waals surface area contributed by atoms with Crippen molar-refractivity contribution in [2.45, 2.75) is 37.8 Å². The molecule has 1 aliphatic carbocycles. The van der Waals surface area contributed by atoms with Gasteiger partial charge in [-0.25, -0.2) is 0 Å². The summed E-state index contributed by atoms with van der Waals surface area (Å²) in [4.78, 5) is 0. The number of para-hydroxylation sites is 1. The third-order valence-corrected chi connectivity index (χ3v) is 4.04. The number of benzene rings is 1. The number of hydrogen-bond donors (Lipinski definition) is 2. The first kappa shape index (κ1) is 14.4. The molecule has 5 heteroatoms. The Labute approximate surface area is 119 Å². The summed E-state index contributed by atoms with van der Waals surface area (Å²) >= 11 is 0. The average molecular weight is 286 g/mol. The van der Waals surface area contributed by atoms with Crippen molar-refractivity contribution in [3.05, 3.63) is 23.8 Å². The Balaban J connectivity index is 0.00000133. The highest BCUT2D eigenvalue weighted by Gasteiger charge is 2.31. The van der Waals surface area contributed by atoms with E-state index in [0.29, 0.717) is 11.7 Å². The Morgan fingerprint density at radius 2 is 1.95 bits per heavy atom. The minimum atomic E-state index is -0.497. The summed E-state index contributed by atoms with van der Waals surface area (Å²) in [6, 6.07) is 5.27. The Hall–Kier alpha value is -0.970. The van der Waals surface area contributed by atoms with Gasteiger partial charge in [0, 0.05) is 5.56 Å². The van der Waals surface area contributed by atoms with Crippen LogP contribution in [0.25, 0.3) is 0 Å². The monoisotopic (exact) mass is 285 g/mol. The Bertz CT molecular complexity index is 435. The van der Waals surface area contributed by atoms with Crippen molar-refractivity contribution in [3.8, 4) is 11.5 Å². The summed E-state index contributed by atoms with van der Waals surface area (Å²) in [6.07, 6.45) is 4.04. The first-order valence-electron chi connectivity index (χ1n) is 6.59. The van der Waals surface area contributed by atoms with Crippen molar-refractivity contribution < 1.29 is 14.6 Å². The SMILES string of the molecule is Cl.N[C@@H](c1cccc2c1OCO2)[C@H](O)C1CCCC1. The molecule has 3 N–H and O–H groups in total. The molecule has 4 nitrogen and oxygen atoms in total. The third-order valence-electron chi connectivity index (χ3n) is 4.04. The maximum absolute atomic E-state index is 10.4. The minimum Gasteiger partial charge on any atom is -0.454 e. The van der Waals surface area contributed by atoms with Gasteiger partial charge in [-0.05, 0) is 24.8 Å². The number of rotatable bonds is 3.